The molecule has 128 valence electrons. The highest BCUT2D eigenvalue weighted by atomic mass is 16.1. The lowest BCUT2D eigenvalue weighted by Gasteiger charge is -2.34. The molecular formula is C18H20N6O. The fourth-order valence-corrected chi connectivity index (χ4v) is 3.23. The summed E-state index contributed by atoms with van der Waals surface area (Å²) in [6.45, 7) is 5.82. The van der Waals surface area contributed by atoms with E-state index in [9.17, 15) is 4.79 Å². The van der Waals surface area contributed by atoms with E-state index < -0.39 is 0 Å². The van der Waals surface area contributed by atoms with Gasteiger partial charge in [-0.2, -0.15) is 5.10 Å². The molecular weight excluding hydrogens is 316 g/mol. The molecule has 3 heterocycles. The zero-order valence-corrected chi connectivity index (χ0v) is 14.2. The minimum Gasteiger partial charge on any atom is -0.338 e. The predicted molar refractivity (Wildman–Crippen MR) is 96.6 cm³/mol. The number of aryl methyl sites for hydroxylation is 1. The summed E-state index contributed by atoms with van der Waals surface area (Å²) in [7, 11) is 0. The van der Waals surface area contributed by atoms with Crippen LogP contribution in [0.15, 0.2) is 47.5 Å². The van der Waals surface area contributed by atoms with Gasteiger partial charge in [0, 0.05) is 44.0 Å². The van der Waals surface area contributed by atoms with Gasteiger partial charge in [-0.1, -0.05) is 18.2 Å². The third kappa shape index (κ3) is 3.10. The Morgan fingerprint density at radius 3 is 2.36 bits per heavy atom. The van der Waals surface area contributed by atoms with E-state index in [1.54, 1.807) is 17.1 Å². The van der Waals surface area contributed by atoms with Gasteiger partial charge in [0.15, 0.2) is 0 Å². The molecule has 0 spiro atoms. The van der Waals surface area contributed by atoms with Gasteiger partial charge in [-0.05, 0) is 19.1 Å². The SMILES string of the molecule is Cc1nn(CN2CCN(c3ncccn3)CC2)c(=O)c2ccccc12. The van der Waals surface area contributed by atoms with Crippen molar-refractivity contribution in [3.05, 3.63) is 58.8 Å². The first-order chi connectivity index (χ1) is 12.2. The summed E-state index contributed by atoms with van der Waals surface area (Å²) < 4.78 is 1.58. The number of aromatic nitrogens is 4. The second-order valence-electron chi connectivity index (χ2n) is 6.23. The first-order valence-corrected chi connectivity index (χ1v) is 8.43. The number of fused-ring (bicyclic) bond motifs is 1. The molecule has 1 aromatic carbocycles. The zero-order valence-electron chi connectivity index (χ0n) is 14.2. The van der Waals surface area contributed by atoms with Crippen LogP contribution in [0.3, 0.4) is 0 Å². The van der Waals surface area contributed by atoms with Crippen LogP contribution in [0.2, 0.25) is 0 Å². The van der Waals surface area contributed by atoms with E-state index in [2.05, 4.69) is 24.9 Å². The van der Waals surface area contributed by atoms with Crippen molar-refractivity contribution in [2.75, 3.05) is 31.1 Å². The Bertz CT molecular complexity index is 931. The van der Waals surface area contributed by atoms with Gasteiger partial charge >= 0.3 is 0 Å². The van der Waals surface area contributed by atoms with Crippen molar-refractivity contribution >= 4 is 16.7 Å². The van der Waals surface area contributed by atoms with E-state index in [1.807, 2.05) is 37.3 Å². The molecule has 4 rings (SSSR count). The highest BCUT2D eigenvalue weighted by Crippen LogP contribution is 2.13. The van der Waals surface area contributed by atoms with E-state index in [-0.39, 0.29) is 5.56 Å². The van der Waals surface area contributed by atoms with Crippen LogP contribution < -0.4 is 10.5 Å². The second kappa shape index (κ2) is 6.60. The Hall–Kier alpha value is -2.80. The van der Waals surface area contributed by atoms with Crippen LogP contribution in [0.4, 0.5) is 5.95 Å². The van der Waals surface area contributed by atoms with E-state index in [0.717, 1.165) is 48.6 Å². The van der Waals surface area contributed by atoms with E-state index in [1.165, 1.54) is 0 Å². The maximum Gasteiger partial charge on any atom is 0.275 e. The summed E-state index contributed by atoms with van der Waals surface area (Å²) in [5.74, 6) is 0.763. The summed E-state index contributed by atoms with van der Waals surface area (Å²) >= 11 is 0. The second-order valence-corrected chi connectivity index (χ2v) is 6.23. The minimum atomic E-state index is -0.0324. The molecule has 1 aliphatic heterocycles. The number of benzene rings is 1. The molecule has 0 amide bonds. The quantitative estimate of drug-likeness (QED) is 0.718. The van der Waals surface area contributed by atoms with Crippen LogP contribution in [-0.2, 0) is 6.67 Å². The van der Waals surface area contributed by atoms with Gasteiger partial charge in [-0.3, -0.25) is 9.69 Å². The summed E-state index contributed by atoms with van der Waals surface area (Å²) in [6.07, 6.45) is 3.52. The van der Waals surface area contributed by atoms with E-state index in [0.29, 0.717) is 6.67 Å². The van der Waals surface area contributed by atoms with Crippen molar-refractivity contribution in [3.8, 4) is 0 Å². The lowest BCUT2D eigenvalue weighted by Crippen LogP contribution is -2.48. The van der Waals surface area contributed by atoms with Crippen molar-refractivity contribution in [2.24, 2.45) is 0 Å². The van der Waals surface area contributed by atoms with Crippen LogP contribution in [0.5, 0.6) is 0 Å². The molecule has 0 N–H and O–H groups in total. The average Bonchev–Trinajstić information content (AvgIpc) is 2.67. The van der Waals surface area contributed by atoms with Crippen LogP contribution in [0.25, 0.3) is 10.8 Å². The minimum absolute atomic E-state index is 0.0324. The van der Waals surface area contributed by atoms with Gasteiger partial charge < -0.3 is 4.90 Å². The molecule has 2 aromatic heterocycles. The Balaban J connectivity index is 1.50. The third-order valence-electron chi connectivity index (χ3n) is 4.59. The normalized spacial score (nSPS) is 15.6. The molecule has 0 aliphatic carbocycles. The number of rotatable bonds is 3. The summed E-state index contributed by atoms with van der Waals surface area (Å²) in [4.78, 5) is 25.7. The van der Waals surface area contributed by atoms with Crippen molar-refractivity contribution in [1.82, 2.24) is 24.6 Å². The highest BCUT2D eigenvalue weighted by molar-refractivity contribution is 5.83. The summed E-state index contributed by atoms with van der Waals surface area (Å²) in [5, 5.41) is 6.15. The maximum atomic E-state index is 12.7. The molecule has 0 unspecified atom stereocenters. The monoisotopic (exact) mass is 336 g/mol. The summed E-state index contributed by atoms with van der Waals surface area (Å²) in [5.41, 5.74) is 0.849. The van der Waals surface area contributed by atoms with Crippen LogP contribution in [0, 0.1) is 6.92 Å². The summed E-state index contributed by atoms with van der Waals surface area (Å²) in [6, 6.07) is 9.47. The molecule has 0 bridgehead atoms. The van der Waals surface area contributed by atoms with Gasteiger partial charge in [-0.15, -0.1) is 0 Å². The van der Waals surface area contributed by atoms with Gasteiger partial charge in [0.05, 0.1) is 17.7 Å². The largest absolute Gasteiger partial charge is 0.338 e. The smallest absolute Gasteiger partial charge is 0.275 e. The number of hydrogen-bond donors (Lipinski definition) is 0. The lowest BCUT2D eigenvalue weighted by molar-refractivity contribution is 0.191. The van der Waals surface area contributed by atoms with Crippen molar-refractivity contribution in [3.63, 3.8) is 0 Å². The number of anilines is 1. The first kappa shape index (κ1) is 15.7. The van der Waals surface area contributed by atoms with Crippen LogP contribution in [-0.4, -0.2) is 50.8 Å². The maximum absolute atomic E-state index is 12.7. The highest BCUT2D eigenvalue weighted by Gasteiger charge is 2.20. The van der Waals surface area contributed by atoms with Gasteiger partial charge in [0.2, 0.25) is 5.95 Å². The van der Waals surface area contributed by atoms with Gasteiger partial charge in [0.1, 0.15) is 0 Å². The van der Waals surface area contributed by atoms with Crippen molar-refractivity contribution < 1.29 is 0 Å². The van der Waals surface area contributed by atoms with Crippen LogP contribution in [0.1, 0.15) is 5.69 Å². The fraction of sp³-hybridized carbons (Fsp3) is 0.333. The molecule has 0 atom stereocenters. The molecule has 7 heteroatoms. The number of hydrogen-bond acceptors (Lipinski definition) is 6. The fourth-order valence-electron chi connectivity index (χ4n) is 3.23. The first-order valence-electron chi connectivity index (χ1n) is 8.43. The van der Waals surface area contributed by atoms with Crippen LogP contribution >= 0.6 is 0 Å². The van der Waals surface area contributed by atoms with Crippen molar-refractivity contribution in [1.29, 1.82) is 0 Å². The van der Waals surface area contributed by atoms with Crippen molar-refractivity contribution in [2.45, 2.75) is 13.6 Å². The molecule has 1 saturated heterocycles. The molecule has 0 radical (unpaired) electrons. The van der Waals surface area contributed by atoms with Gasteiger partial charge in [-0.25, -0.2) is 14.6 Å². The molecule has 1 aliphatic rings. The molecule has 1 fully saturated rings. The average molecular weight is 336 g/mol. The Morgan fingerprint density at radius 2 is 1.64 bits per heavy atom. The molecule has 3 aromatic rings. The topological polar surface area (TPSA) is 67.2 Å². The lowest BCUT2D eigenvalue weighted by atomic mass is 10.1. The van der Waals surface area contributed by atoms with E-state index >= 15 is 0 Å². The Kier molecular flexibility index (Phi) is 4.15. The Labute approximate surface area is 145 Å². The third-order valence-corrected chi connectivity index (χ3v) is 4.59. The predicted octanol–water partition coefficient (Wildman–Crippen LogP) is 1.27. The molecule has 0 saturated carbocycles. The molecule has 7 nitrogen and oxygen atoms in total. The number of nitrogens with zero attached hydrogens (tertiary/aromatic N) is 6. The van der Waals surface area contributed by atoms with Gasteiger partial charge in [0.25, 0.3) is 5.56 Å². The number of piperazine rings is 1. The van der Waals surface area contributed by atoms with E-state index in [4.69, 9.17) is 0 Å². The molecule has 25 heavy (non-hydrogen) atoms. The standard InChI is InChI=1S/C18H20N6O/c1-14-15-5-2-3-6-16(15)17(25)24(21-14)13-22-9-11-23(12-10-22)18-19-7-4-8-20-18/h2-8H,9-13H2,1H3. The Morgan fingerprint density at radius 1 is 0.960 bits per heavy atom. The zero-order chi connectivity index (χ0) is 17.2.